The average molecular weight is 211 g/mol. The summed E-state index contributed by atoms with van der Waals surface area (Å²) in [6, 6.07) is 0. The minimum atomic E-state index is -1.11. The number of nitrogens with zero attached hydrogens (tertiary/aromatic N) is 1. The molecule has 0 unspecified atom stereocenters. The Kier molecular flexibility index (Phi) is 3.20. The molecule has 1 aromatic heterocycles. The van der Waals surface area contributed by atoms with Gasteiger partial charge in [0.05, 0.1) is 7.11 Å². The summed E-state index contributed by atoms with van der Waals surface area (Å²) < 4.78 is 4.27. The number of ether oxygens (including phenoxy) is 1. The summed E-state index contributed by atoms with van der Waals surface area (Å²) >= 11 is 0.952. The van der Waals surface area contributed by atoms with Crippen molar-refractivity contribution in [1.29, 1.82) is 0 Å². The zero-order valence-corrected chi connectivity index (χ0v) is 7.92. The Morgan fingerprint density at radius 3 is 2.86 bits per heavy atom. The topological polar surface area (TPSA) is 76.5 Å². The van der Waals surface area contributed by atoms with Gasteiger partial charge in [-0.15, -0.1) is 11.3 Å². The number of hydrogen-bond donors (Lipinski definition) is 1. The van der Waals surface area contributed by atoms with Crippen LogP contribution in [-0.4, -0.2) is 29.1 Å². The maximum atomic E-state index is 10.6. The van der Waals surface area contributed by atoms with Crippen molar-refractivity contribution in [3.05, 3.63) is 16.1 Å². The first-order valence-corrected chi connectivity index (χ1v) is 4.30. The van der Waals surface area contributed by atoms with Crippen molar-refractivity contribution in [2.75, 3.05) is 7.11 Å². The van der Waals surface area contributed by atoms with E-state index in [1.165, 1.54) is 12.5 Å². The zero-order valence-electron chi connectivity index (χ0n) is 7.10. The van der Waals surface area contributed by atoms with Crippen molar-refractivity contribution >= 4 is 23.3 Å². The van der Waals surface area contributed by atoms with E-state index in [1.807, 2.05) is 0 Å². The summed E-state index contributed by atoms with van der Waals surface area (Å²) in [6.07, 6.45) is 0. The molecule has 14 heavy (non-hydrogen) atoms. The standard InChI is InChI=1S/C8H5NO4S/c1-13-6(10)3-2-5-4-14-7(9-5)8(11)12/h4H,1H3,(H,11,12). The minimum absolute atomic E-state index is 0.0563. The third kappa shape index (κ3) is 2.57. The van der Waals surface area contributed by atoms with Gasteiger partial charge in [-0.2, -0.15) is 0 Å². The maximum Gasteiger partial charge on any atom is 0.384 e. The van der Waals surface area contributed by atoms with Crippen LogP contribution in [0.4, 0.5) is 0 Å². The van der Waals surface area contributed by atoms with Gasteiger partial charge >= 0.3 is 11.9 Å². The lowest BCUT2D eigenvalue weighted by molar-refractivity contribution is -0.133. The van der Waals surface area contributed by atoms with E-state index in [0.29, 0.717) is 0 Å². The molecule has 1 rings (SSSR count). The summed E-state index contributed by atoms with van der Waals surface area (Å²) in [7, 11) is 1.21. The second-order valence-electron chi connectivity index (χ2n) is 2.08. The molecular weight excluding hydrogens is 206 g/mol. The van der Waals surface area contributed by atoms with Crippen molar-refractivity contribution in [1.82, 2.24) is 4.98 Å². The first-order chi connectivity index (χ1) is 6.63. The van der Waals surface area contributed by atoms with Crippen molar-refractivity contribution in [2.24, 2.45) is 0 Å². The van der Waals surface area contributed by atoms with E-state index < -0.39 is 11.9 Å². The Hall–Kier alpha value is -1.87. The summed E-state index contributed by atoms with van der Waals surface area (Å²) in [6.45, 7) is 0. The predicted molar refractivity (Wildman–Crippen MR) is 48.0 cm³/mol. The van der Waals surface area contributed by atoms with Gasteiger partial charge in [0.25, 0.3) is 0 Å². The second-order valence-corrected chi connectivity index (χ2v) is 2.94. The van der Waals surface area contributed by atoms with Crippen LogP contribution >= 0.6 is 11.3 Å². The number of methoxy groups -OCH3 is 1. The molecule has 5 nitrogen and oxygen atoms in total. The molecule has 0 saturated carbocycles. The van der Waals surface area contributed by atoms with E-state index in [1.54, 1.807) is 0 Å². The molecule has 6 heteroatoms. The number of carbonyl (C=O) groups is 2. The third-order valence-corrected chi connectivity index (χ3v) is 2.00. The fraction of sp³-hybridized carbons (Fsp3) is 0.125. The van der Waals surface area contributed by atoms with Gasteiger partial charge in [0.2, 0.25) is 5.01 Å². The van der Waals surface area contributed by atoms with Crippen LogP contribution in [0, 0.1) is 11.8 Å². The van der Waals surface area contributed by atoms with Crippen LogP contribution in [0.1, 0.15) is 15.5 Å². The van der Waals surface area contributed by atoms with E-state index in [4.69, 9.17) is 5.11 Å². The number of carbonyl (C=O) groups excluding carboxylic acids is 1. The highest BCUT2D eigenvalue weighted by atomic mass is 32.1. The number of rotatable bonds is 1. The van der Waals surface area contributed by atoms with Crippen LogP contribution in [0.25, 0.3) is 0 Å². The Morgan fingerprint density at radius 1 is 1.64 bits per heavy atom. The highest BCUT2D eigenvalue weighted by Crippen LogP contribution is 2.07. The van der Waals surface area contributed by atoms with Crippen molar-refractivity contribution in [3.8, 4) is 11.8 Å². The van der Waals surface area contributed by atoms with Gasteiger partial charge in [-0.05, 0) is 5.92 Å². The smallest absolute Gasteiger partial charge is 0.384 e. The Labute approximate surface area is 83.3 Å². The van der Waals surface area contributed by atoms with Gasteiger partial charge in [-0.25, -0.2) is 14.6 Å². The van der Waals surface area contributed by atoms with Crippen LogP contribution in [-0.2, 0) is 9.53 Å². The monoisotopic (exact) mass is 211 g/mol. The molecule has 0 radical (unpaired) electrons. The number of carboxylic acid groups (broad SMARTS) is 1. The van der Waals surface area contributed by atoms with Crippen LogP contribution in [0.5, 0.6) is 0 Å². The van der Waals surface area contributed by atoms with Gasteiger partial charge in [0, 0.05) is 11.3 Å². The maximum absolute atomic E-state index is 10.6. The molecule has 0 aliphatic carbocycles. The first-order valence-electron chi connectivity index (χ1n) is 3.42. The van der Waals surface area contributed by atoms with E-state index in [9.17, 15) is 9.59 Å². The van der Waals surface area contributed by atoms with Gasteiger partial charge in [-0.3, -0.25) is 0 Å². The molecule has 0 amide bonds. The van der Waals surface area contributed by atoms with Crippen LogP contribution in [0.2, 0.25) is 0 Å². The first kappa shape index (κ1) is 10.2. The molecule has 1 N–H and O–H groups in total. The summed E-state index contributed by atoms with van der Waals surface area (Å²) in [4.78, 5) is 24.7. The number of carboxylic acids is 1. The highest BCUT2D eigenvalue weighted by Gasteiger charge is 2.07. The minimum Gasteiger partial charge on any atom is -0.476 e. The number of thiazole rings is 1. The molecule has 0 fully saturated rings. The van der Waals surface area contributed by atoms with Gasteiger partial charge in [-0.1, -0.05) is 0 Å². The van der Waals surface area contributed by atoms with Gasteiger partial charge in [0.15, 0.2) is 0 Å². The van der Waals surface area contributed by atoms with Crippen LogP contribution in [0.15, 0.2) is 5.38 Å². The summed E-state index contributed by atoms with van der Waals surface area (Å²) in [5, 5.41) is 9.93. The lowest BCUT2D eigenvalue weighted by Crippen LogP contribution is -1.96. The fourth-order valence-electron chi connectivity index (χ4n) is 0.595. The molecule has 0 saturated heterocycles. The second kappa shape index (κ2) is 4.39. The lowest BCUT2D eigenvalue weighted by atomic mass is 10.5. The van der Waals surface area contributed by atoms with Crippen molar-refractivity contribution in [2.45, 2.75) is 0 Å². The summed E-state index contributed by atoms with van der Waals surface area (Å²) in [5.74, 6) is 2.73. The molecule has 0 spiro atoms. The van der Waals surface area contributed by atoms with Crippen LogP contribution in [0.3, 0.4) is 0 Å². The number of aromatic nitrogens is 1. The molecule has 1 heterocycles. The Balaban J connectivity index is 2.81. The number of aromatic carboxylic acids is 1. The van der Waals surface area contributed by atoms with Gasteiger partial charge in [0.1, 0.15) is 5.69 Å². The largest absolute Gasteiger partial charge is 0.476 e. The number of hydrogen-bond acceptors (Lipinski definition) is 5. The molecule has 72 valence electrons. The molecule has 0 aliphatic heterocycles. The normalized spacial score (nSPS) is 8.64. The van der Waals surface area contributed by atoms with E-state index in [2.05, 4.69) is 21.6 Å². The Bertz CT molecular complexity index is 426. The molecule has 0 aromatic carbocycles. The molecule has 0 bridgehead atoms. The quantitative estimate of drug-likeness (QED) is 0.536. The molecule has 0 aliphatic rings. The number of esters is 1. The average Bonchev–Trinajstić information content (AvgIpc) is 2.62. The van der Waals surface area contributed by atoms with Crippen LogP contribution < -0.4 is 0 Å². The van der Waals surface area contributed by atoms with E-state index in [0.717, 1.165) is 11.3 Å². The predicted octanol–water partition coefficient (Wildman–Crippen LogP) is 0.366. The third-order valence-electron chi connectivity index (χ3n) is 1.17. The van der Waals surface area contributed by atoms with Crippen molar-refractivity contribution < 1.29 is 19.4 Å². The summed E-state index contributed by atoms with van der Waals surface area (Å²) in [5.41, 5.74) is 0.248. The highest BCUT2D eigenvalue weighted by molar-refractivity contribution is 7.11. The fourth-order valence-corrected chi connectivity index (χ4v) is 1.18. The molecular formula is C8H5NO4S. The Morgan fingerprint density at radius 2 is 2.36 bits per heavy atom. The van der Waals surface area contributed by atoms with E-state index >= 15 is 0 Å². The lowest BCUT2D eigenvalue weighted by Gasteiger charge is -1.83. The van der Waals surface area contributed by atoms with E-state index in [-0.39, 0.29) is 10.7 Å². The van der Waals surface area contributed by atoms with Crippen molar-refractivity contribution in [3.63, 3.8) is 0 Å². The molecule has 1 aromatic rings. The SMILES string of the molecule is COC(=O)C#Cc1csc(C(=O)O)n1. The zero-order chi connectivity index (χ0) is 10.6. The molecule has 0 atom stereocenters. The van der Waals surface area contributed by atoms with Gasteiger partial charge < -0.3 is 9.84 Å².